The normalized spacial score (nSPS) is 12.3. The van der Waals surface area contributed by atoms with Crippen LogP contribution in [0.3, 0.4) is 0 Å². The molecule has 4 rings (SSSR count). The van der Waals surface area contributed by atoms with Crippen molar-refractivity contribution in [2.75, 3.05) is 14.2 Å². The number of methoxy groups -OCH3 is 2. The molecular weight excluding hydrogens is 467 g/mol. The highest BCUT2D eigenvalue weighted by Crippen LogP contribution is 2.35. The van der Waals surface area contributed by atoms with Gasteiger partial charge < -0.3 is 14.2 Å². The minimum atomic E-state index is -4.82. The van der Waals surface area contributed by atoms with Crippen molar-refractivity contribution >= 4 is 17.6 Å². The van der Waals surface area contributed by atoms with Gasteiger partial charge in [0, 0.05) is 11.1 Å². The molecule has 0 saturated heterocycles. The Bertz CT molecular complexity index is 1390. The van der Waals surface area contributed by atoms with Crippen LogP contribution in [0.2, 0.25) is 0 Å². The number of carbonyl (C=O) groups is 2. The highest BCUT2D eigenvalue weighted by Gasteiger charge is 2.37. The molecule has 0 N–H and O–H groups in total. The van der Waals surface area contributed by atoms with Gasteiger partial charge in [-0.1, -0.05) is 42.5 Å². The van der Waals surface area contributed by atoms with Crippen LogP contribution in [-0.2, 0) is 20.4 Å². The number of nitrogens with zero attached hydrogens (tertiary/aromatic N) is 3. The lowest BCUT2D eigenvalue weighted by atomic mass is 10.1. The minimum Gasteiger partial charge on any atom is -0.496 e. The zero-order valence-corrected chi connectivity index (χ0v) is 18.4. The summed E-state index contributed by atoms with van der Waals surface area (Å²) in [6, 6.07) is 15.2. The fourth-order valence-electron chi connectivity index (χ4n) is 3.46. The van der Waals surface area contributed by atoms with E-state index >= 15 is 0 Å². The lowest BCUT2D eigenvalue weighted by Crippen LogP contribution is -2.21. The van der Waals surface area contributed by atoms with Gasteiger partial charge in [-0.25, -0.2) is 19.1 Å². The number of hydrogen-bond donors (Lipinski definition) is 0. The van der Waals surface area contributed by atoms with E-state index in [9.17, 15) is 22.8 Å². The molecule has 0 fully saturated rings. The predicted octanol–water partition coefficient (Wildman–Crippen LogP) is 4.49. The summed E-state index contributed by atoms with van der Waals surface area (Å²) in [5.41, 5.74) is -1.41. The molecule has 11 heteroatoms. The fraction of sp³-hybridized carbons (Fsp3) is 0.167. The maximum atomic E-state index is 13.9. The van der Waals surface area contributed by atoms with Crippen LogP contribution in [0.25, 0.3) is 16.9 Å². The van der Waals surface area contributed by atoms with E-state index in [0.29, 0.717) is 10.1 Å². The summed E-state index contributed by atoms with van der Waals surface area (Å²) in [4.78, 5) is 29.6. The molecule has 0 bridgehead atoms. The van der Waals surface area contributed by atoms with Crippen LogP contribution in [0.5, 0.6) is 5.75 Å². The number of aromatic nitrogens is 3. The second-order valence-corrected chi connectivity index (χ2v) is 7.24. The Hall–Kier alpha value is -4.41. The smallest absolute Gasteiger partial charge is 0.433 e. The van der Waals surface area contributed by atoms with Crippen molar-refractivity contribution in [3.8, 4) is 17.0 Å². The van der Waals surface area contributed by atoms with Crippen LogP contribution < -0.4 is 4.74 Å². The molecule has 0 spiro atoms. The predicted molar refractivity (Wildman–Crippen MR) is 117 cm³/mol. The summed E-state index contributed by atoms with van der Waals surface area (Å²) >= 11 is 0. The number of hydrogen-bond acceptors (Lipinski definition) is 7. The van der Waals surface area contributed by atoms with Gasteiger partial charge in [-0.2, -0.15) is 18.3 Å². The van der Waals surface area contributed by atoms with Crippen LogP contribution in [-0.4, -0.2) is 40.8 Å². The van der Waals surface area contributed by atoms with Crippen molar-refractivity contribution in [1.82, 2.24) is 14.6 Å². The number of para-hydroxylation sites is 1. The number of ether oxygens (including phenoxy) is 3. The fourth-order valence-corrected chi connectivity index (χ4v) is 3.46. The number of fused-ring (bicyclic) bond motifs is 1. The third-order valence-corrected chi connectivity index (χ3v) is 5.11. The maximum absolute atomic E-state index is 13.9. The molecule has 2 aromatic carbocycles. The Morgan fingerprint density at radius 1 is 1.00 bits per heavy atom. The van der Waals surface area contributed by atoms with Crippen molar-refractivity contribution in [3.63, 3.8) is 0 Å². The second-order valence-electron chi connectivity index (χ2n) is 7.24. The molecule has 0 unspecified atom stereocenters. The Morgan fingerprint density at radius 2 is 1.69 bits per heavy atom. The number of halogens is 3. The molecule has 8 nitrogen and oxygen atoms in total. The summed E-state index contributed by atoms with van der Waals surface area (Å²) in [7, 11) is 2.50. The summed E-state index contributed by atoms with van der Waals surface area (Å²) in [6.07, 6.45) is -5.35. The first-order chi connectivity index (χ1) is 16.7. The molecule has 1 atom stereocenters. The zero-order valence-electron chi connectivity index (χ0n) is 18.4. The maximum Gasteiger partial charge on any atom is 0.433 e. The third kappa shape index (κ3) is 4.65. The van der Waals surface area contributed by atoms with E-state index in [1.54, 1.807) is 48.5 Å². The van der Waals surface area contributed by atoms with Gasteiger partial charge in [-0.05, 0) is 18.2 Å². The Kier molecular flexibility index (Phi) is 6.41. The van der Waals surface area contributed by atoms with E-state index in [1.165, 1.54) is 13.2 Å². The third-order valence-electron chi connectivity index (χ3n) is 5.11. The number of esters is 2. The van der Waals surface area contributed by atoms with E-state index in [4.69, 9.17) is 14.2 Å². The van der Waals surface area contributed by atoms with Crippen molar-refractivity contribution in [2.45, 2.75) is 12.3 Å². The van der Waals surface area contributed by atoms with Gasteiger partial charge in [0.25, 0.3) is 0 Å². The quantitative estimate of drug-likeness (QED) is 0.372. The van der Waals surface area contributed by atoms with Crippen LogP contribution in [0.1, 0.15) is 27.7 Å². The van der Waals surface area contributed by atoms with Crippen molar-refractivity contribution in [2.24, 2.45) is 0 Å². The first-order valence-electron chi connectivity index (χ1n) is 10.2. The molecule has 0 aliphatic carbocycles. The molecule has 2 aromatic heterocycles. The summed E-state index contributed by atoms with van der Waals surface area (Å²) < 4.78 is 57.5. The van der Waals surface area contributed by atoms with E-state index in [-0.39, 0.29) is 22.6 Å². The highest BCUT2D eigenvalue weighted by molar-refractivity contribution is 5.97. The first-order valence-corrected chi connectivity index (χ1v) is 10.2. The molecule has 35 heavy (non-hydrogen) atoms. The van der Waals surface area contributed by atoms with Crippen molar-refractivity contribution < 1.29 is 37.0 Å². The number of rotatable bonds is 6. The van der Waals surface area contributed by atoms with Crippen LogP contribution in [0, 0.1) is 0 Å². The average Bonchev–Trinajstić information content (AvgIpc) is 3.30. The van der Waals surface area contributed by atoms with Crippen molar-refractivity contribution in [3.05, 3.63) is 83.7 Å². The monoisotopic (exact) mass is 485 g/mol. The Morgan fingerprint density at radius 3 is 2.34 bits per heavy atom. The molecular formula is C24H18F3N3O5. The van der Waals surface area contributed by atoms with Gasteiger partial charge in [0.15, 0.2) is 11.3 Å². The number of benzene rings is 2. The summed E-state index contributed by atoms with van der Waals surface area (Å²) in [5.74, 6) is -1.67. The lowest BCUT2D eigenvalue weighted by Gasteiger charge is -2.16. The zero-order chi connectivity index (χ0) is 25.2. The minimum absolute atomic E-state index is 0.0931. The molecule has 0 amide bonds. The molecule has 0 aliphatic heterocycles. The average molecular weight is 485 g/mol. The topological polar surface area (TPSA) is 92.0 Å². The molecule has 0 radical (unpaired) electrons. The molecule has 4 aromatic rings. The molecule has 0 aliphatic rings. The van der Waals surface area contributed by atoms with Gasteiger partial charge in [0.2, 0.25) is 6.10 Å². The van der Waals surface area contributed by atoms with Crippen LogP contribution in [0.4, 0.5) is 13.2 Å². The summed E-state index contributed by atoms with van der Waals surface area (Å²) in [5, 5.41) is 3.71. The Balaban J connectivity index is 1.84. The van der Waals surface area contributed by atoms with E-state index in [0.717, 1.165) is 19.4 Å². The van der Waals surface area contributed by atoms with Gasteiger partial charge in [0.1, 0.15) is 11.3 Å². The SMILES string of the molecule is COC(=O)[C@H](OC(=O)c1cnn2c(C(F)(F)F)cc(-c3ccccc3OC)nc12)c1ccccc1. The van der Waals surface area contributed by atoms with Gasteiger partial charge in [0.05, 0.1) is 26.1 Å². The molecule has 2 heterocycles. The molecule has 180 valence electrons. The van der Waals surface area contributed by atoms with E-state index in [1.807, 2.05) is 0 Å². The molecule has 0 saturated carbocycles. The van der Waals surface area contributed by atoms with E-state index in [2.05, 4.69) is 10.1 Å². The Labute approximate surface area is 196 Å². The number of carbonyl (C=O) groups excluding carboxylic acids is 2. The van der Waals surface area contributed by atoms with Gasteiger partial charge >= 0.3 is 18.1 Å². The lowest BCUT2D eigenvalue weighted by molar-refractivity contribution is -0.151. The van der Waals surface area contributed by atoms with Crippen LogP contribution in [0.15, 0.2) is 66.9 Å². The van der Waals surface area contributed by atoms with E-state index < -0.39 is 35.6 Å². The standard InChI is InChI=1S/C24H18F3N3O5/c1-33-18-11-7-6-10-15(18)17-12-19(24(25,26)27)30-21(29-17)16(13-28-30)22(31)35-20(23(32)34-2)14-8-4-3-5-9-14/h3-13,20H,1-2H3/t20-/m1/s1. The summed E-state index contributed by atoms with van der Waals surface area (Å²) in [6.45, 7) is 0. The van der Waals surface area contributed by atoms with Gasteiger partial charge in [-0.3, -0.25) is 0 Å². The number of alkyl halides is 3. The van der Waals surface area contributed by atoms with Crippen molar-refractivity contribution in [1.29, 1.82) is 0 Å². The first kappa shape index (κ1) is 23.7. The van der Waals surface area contributed by atoms with Gasteiger partial charge in [-0.15, -0.1) is 0 Å². The second kappa shape index (κ2) is 9.45. The highest BCUT2D eigenvalue weighted by atomic mass is 19.4. The van der Waals surface area contributed by atoms with Crippen LogP contribution >= 0.6 is 0 Å². The largest absolute Gasteiger partial charge is 0.496 e.